The van der Waals surface area contributed by atoms with Crippen molar-refractivity contribution >= 4 is 17.6 Å². The monoisotopic (exact) mass is 383 g/mol. The maximum Gasteiger partial charge on any atom is 0.319 e. The minimum Gasteiger partial charge on any atom is -0.354 e. The Morgan fingerprint density at radius 3 is 2.43 bits per heavy atom. The van der Waals surface area contributed by atoms with Gasteiger partial charge in [-0.2, -0.15) is 0 Å². The number of nitrogens with one attached hydrogen (secondary N) is 3. The lowest BCUT2D eigenvalue weighted by Crippen LogP contribution is -2.44. The molecule has 0 atom stereocenters. The van der Waals surface area contributed by atoms with Gasteiger partial charge in [-0.05, 0) is 55.2 Å². The molecule has 0 bridgehead atoms. The molecule has 1 saturated carbocycles. The molecule has 1 fully saturated rings. The van der Waals surface area contributed by atoms with Crippen LogP contribution in [0.15, 0.2) is 48.5 Å². The third-order valence-corrected chi connectivity index (χ3v) is 5.33. The van der Waals surface area contributed by atoms with Gasteiger partial charge >= 0.3 is 6.03 Å². The summed E-state index contributed by atoms with van der Waals surface area (Å²) in [6.45, 7) is 2.33. The summed E-state index contributed by atoms with van der Waals surface area (Å²) in [5.41, 5.74) is 2.61. The molecule has 0 spiro atoms. The van der Waals surface area contributed by atoms with Gasteiger partial charge in [0.25, 0.3) is 0 Å². The molecule has 0 saturated heterocycles. The number of amides is 3. The summed E-state index contributed by atoms with van der Waals surface area (Å²) >= 11 is 0. The smallest absolute Gasteiger partial charge is 0.319 e. The number of urea groups is 1. The molecule has 28 heavy (non-hydrogen) atoms. The van der Waals surface area contributed by atoms with Gasteiger partial charge in [0.1, 0.15) is 5.82 Å². The number of carbonyl (C=O) groups excluding carboxylic acids is 2. The zero-order valence-electron chi connectivity index (χ0n) is 16.1. The minimum atomic E-state index is -0.421. The van der Waals surface area contributed by atoms with Crippen LogP contribution in [-0.2, 0) is 10.2 Å². The Kier molecular flexibility index (Phi) is 6.29. The molecule has 0 radical (unpaired) electrons. The summed E-state index contributed by atoms with van der Waals surface area (Å²) < 4.78 is 13.3. The predicted molar refractivity (Wildman–Crippen MR) is 108 cm³/mol. The van der Waals surface area contributed by atoms with Gasteiger partial charge < -0.3 is 16.0 Å². The van der Waals surface area contributed by atoms with Gasteiger partial charge in [-0.25, -0.2) is 9.18 Å². The molecule has 0 heterocycles. The Morgan fingerprint density at radius 1 is 1.04 bits per heavy atom. The van der Waals surface area contributed by atoms with Crippen LogP contribution in [0.25, 0.3) is 0 Å². The molecule has 3 N–H and O–H groups in total. The normalized spacial score (nSPS) is 15.1. The van der Waals surface area contributed by atoms with E-state index in [1.807, 2.05) is 25.1 Å². The number of aryl methyl sites for hydroxylation is 1. The molecule has 6 heteroatoms. The van der Waals surface area contributed by atoms with Crippen molar-refractivity contribution in [2.45, 2.75) is 38.0 Å². The van der Waals surface area contributed by atoms with E-state index in [1.54, 1.807) is 18.2 Å². The van der Waals surface area contributed by atoms with Crippen molar-refractivity contribution in [3.63, 3.8) is 0 Å². The fraction of sp³-hybridized carbons (Fsp3) is 0.364. The van der Waals surface area contributed by atoms with Gasteiger partial charge in [0.15, 0.2) is 0 Å². The van der Waals surface area contributed by atoms with Crippen LogP contribution in [0.5, 0.6) is 0 Å². The fourth-order valence-electron chi connectivity index (χ4n) is 3.81. The highest BCUT2D eigenvalue weighted by molar-refractivity contribution is 5.92. The topological polar surface area (TPSA) is 70.2 Å². The molecular weight excluding hydrogens is 357 g/mol. The predicted octanol–water partition coefficient (Wildman–Crippen LogP) is 3.88. The van der Waals surface area contributed by atoms with E-state index < -0.39 is 6.03 Å². The molecule has 0 aromatic heterocycles. The number of benzene rings is 2. The van der Waals surface area contributed by atoms with Crippen LogP contribution in [0, 0.1) is 12.7 Å². The standard InChI is InChI=1S/C22H26FN3O2/c1-16-5-4-6-19(13-16)26-21(28)24-14-20(27)25-15-22(11-2-3-12-22)17-7-9-18(23)10-8-17/h4-10,13H,2-3,11-12,14-15H2,1H3,(H,25,27)(H2,24,26,28). The van der Waals surface area contributed by atoms with Crippen molar-refractivity contribution in [3.8, 4) is 0 Å². The van der Waals surface area contributed by atoms with Gasteiger partial charge in [0.05, 0.1) is 6.54 Å². The second-order valence-electron chi connectivity index (χ2n) is 7.45. The van der Waals surface area contributed by atoms with Crippen molar-refractivity contribution in [3.05, 3.63) is 65.5 Å². The van der Waals surface area contributed by atoms with Gasteiger partial charge in [-0.15, -0.1) is 0 Å². The van der Waals surface area contributed by atoms with Crippen LogP contribution in [-0.4, -0.2) is 25.0 Å². The lowest BCUT2D eigenvalue weighted by Gasteiger charge is -2.30. The summed E-state index contributed by atoms with van der Waals surface area (Å²) in [4.78, 5) is 24.2. The molecule has 0 unspecified atom stereocenters. The summed E-state index contributed by atoms with van der Waals surface area (Å²) in [6.07, 6.45) is 4.09. The summed E-state index contributed by atoms with van der Waals surface area (Å²) in [5, 5.41) is 8.21. The van der Waals surface area contributed by atoms with Gasteiger partial charge in [-0.3, -0.25) is 4.79 Å². The molecule has 3 rings (SSSR count). The third-order valence-electron chi connectivity index (χ3n) is 5.33. The zero-order chi connectivity index (χ0) is 20.0. The van der Waals surface area contributed by atoms with Crippen molar-refractivity contribution in [2.24, 2.45) is 0 Å². The van der Waals surface area contributed by atoms with E-state index in [0.717, 1.165) is 36.8 Å². The van der Waals surface area contributed by atoms with Crippen molar-refractivity contribution in [1.82, 2.24) is 10.6 Å². The fourth-order valence-corrected chi connectivity index (χ4v) is 3.81. The van der Waals surface area contributed by atoms with Crippen LogP contribution in [0.2, 0.25) is 0 Å². The van der Waals surface area contributed by atoms with Crippen LogP contribution in [0.1, 0.15) is 36.8 Å². The van der Waals surface area contributed by atoms with E-state index in [1.165, 1.54) is 12.1 Å². The van der Waals surface area contributed by atoms with Crippen LogP contribution in [0.3, 0.4) is 0 Å². The molecular formula is C22H26FN3O2. The molecule has 0 aliphatic heterocycles. The second-order valence-corrected chi connectivity index (χ2v) is 7.45. The van der Waals surface area contributed by atoms with E-state index >= 15 is 0 Å². The quantitative estimate of drug-likeness (QED) is 0.708. The molecule has 1 aliphatic rings. The van der Waals surface area contributed by atoms with E-state index in [0.29, 0.717) is 12.2 Å². The third kappa shape index (κ3) is 5.09. The van der Waals surface area contributed by atoms with Crippen molar-refractivity contribution in [1.29, 1.82) is 0 Å². The second kappa shape index (κ2) is 8.87. The average Bonchev–Trinajstić information content (AvgIpc) is 3.15. The van der Waals surface area contributed by atoms with Crippen LogP contribution >= 0.6 is 0 Å². The number of carbonyl (C=O) groups is 2. The number of rotatable bonds is 6. The summed E-state index contributed by atoms with van der Waals surface area (Å²) in [7, 11) is 0. The molecule has 5 nitrogen and oxygen atoms in total. The Labute approximate surface area is 164 Å². The van der Waals surface area contributed by atoms with Crippen molar-refractivity contribution < 1.29 is 14.0 Å². The SMILES string of the molecule is Cc1cccc(NC(=O)NCC(=O)NCC2(c3ccc(F)cc3)CCCC2)c1. The largest absolute Gasteiger partial charge is 0.354 e. The van der Waals surface area contributed by atoms with Crippen LogP contribution < -0.4 is 16.0 Å². The first-order valence-electron chi connectivity index (χ1n) is 9.61. The lowest BCUT2D eigenvalue weighted by molar-refractivity contribution is -0.120. The molecule has 148 valence electrons. The molecule has 2 aromatic rings. The lowest BCUT2D eigenvalue weighted by atomic mass is 9.79. The molecule has 1 aliphatic carbocycles. The van der Waals surface area contributed by atoms with E-state index in [-0.39, 0.29) is 23.7 Å². The molecule has 3 amide bonds. The van der Waals surface area contributed by atoms with E-state index in [2.05, 4.69) is 16.0 Å². The minimum absolute atomic E-state index is 0.100. The van der Waals surface area contributed by atoms with Gasteiger partial charge in [-0.1, -0.05) is 37.1 Å². The Bertz CT molecular complexity index is 830. The average molecular weight is 383 g/mol. The maximum absolute atomic E-state index is 13.3. The summed E-state index contributed by atoms with van der Waals surface area (Å²) in [5.74, 6) is -0.502. The molecule has 2 aromatic carbocycles. The zero-order valence-corrected chi connectivity index (χ0v) is 16.1. The van der Waals surface area contributed by atoms with E-state index in [9.17, 15) is 14.0 Å². The van der Waals surface area contributed by atoms with Gasteiger partial charge in [0, 0.05) is 17.6 Å². The highest BCUT2D eigenvalue weighted by Crippen LogP contribution is 2.40. The van der Waals surface area contributed by atoms with Gasteiger partial charge in [0.2, 0.25) is 5.91 Å². The van der Waals surface area contributed by atoms with E-state index in [4.69, 9.17) is 0 Å². The number of halogens is 1. The first-order valence-corrected chi connectivity index (χ1v) is 9.61. The maximum atomic E-state index is 13.3. The first-order chi connectivity index (χ1) is 13.5. The Balaban J connectivity index is 1.50. The summed E-state index contributed by atoms with van der Waals surface area (Å²) in [6, 6.07) is 13.6. The Morgan fingerprint density at radius 2 is 1.75 bits per heavy atom. The highest BCUT2D eigenvalue weighted by Gasteiger charge is 2.35. The first kappa shape index (κ1) is 19.9. The number of hydrogen-bond acceptors (Lipinski definition) is 2. The number of anilines is 1. The Hall–Kier alpha value is -2.89. The number of hydrogen-bond donors (Lipinski definition) is 3. The van der Waals surface area contributed by atoms with Crippen molar-refractivity contribution in [2.75, 3.05) is 18.4 Å². The highest BCUT2D eigenvalue weighted by atomic mass is 19.1. The van der Waals surface area contributed by atoms with Crippen LogP contribution in [0.4, 0.5) is 14.9 Å².